The van der Waals surface area contributed by atoms with Crippen LogP contribution in [0.5, 0.6) is 0 Å². The third-order valence-electron chi connectivity index (χ3n) is 2.10. The summed E-state index contributed by atoms with van der Waals surface area (Å²) in [4.78, 5) is 24.5. The Hall–Kier alpha value is -0.835. The summed E-state index contributed by atoms with van der Waals surface area (Å²) in [5.41, 5.74) is 4.92. The lowest BCUT2D eigenvalue weighted by Crippen LogP contribution is -2.42. The Balaban J connectivity index is 4.42. The largest absolute Gasteiger partial charge is 0.335 e. The van der Waals surface area contributed by atoms with Gasteiger partial charge >= 0.3 is 0 Å². The molecule has 0 aromatic carbocycles. The molecule has 0 bridgehead atoms. The molecule has 5 heteroatoms. The highest BCUT2D eigenvalue weighted by Gasteiger charge is 2.24. The number of ketones is 1. The number of rotatable bonds is 5. The Morgan fingerprint density at radius 3 is 2.20 bits per heavy atom. The third kappa shape index (κ3) is 4.97. The SMILES string of the molecule is [B]CC(=O)N(CCN)CC(=O)C(C)(C)C. The van der Waals surface area contributed by atoms with Crippen LogP contribution in [0.1, 0.15) is 20.8 Å². The van der Waals surface area contributed by atoms with Crippen LogP contribution in [0.15, 0.2) is 0 Å². The normalized spacial score (nSPS) is 11.2. The molecule has 0 rings (SSSR count). The number of carbonyl (C=O) groups is 2. The van der Waals surface area contributed by atoms with Crippen molar-refractivity contribution >= 4 is 19.5 Å². The first-order valence-electron chi connectivity index (χ1n) is 5.04. The summed E-state index contributed by atoms with van der Waals surface area (Å²) < 4.78 is 0. The lowest BCUT2D eigenvalue weighted by atomic mass is 9.90. The van der Waals surface area contributed by atoms with Gasteiger partial charge < -0.3 is 10.6 Å². The first-order valence-corrected chi connectivity index (χ1v) is 5.04. The Morgan fingerprint density at radius 2 is 1.87 bits per heavy atom. The van der Waals surface area contributed by atoms with Gasteiger partial charge in [-0.15, -0.1) is 0 Å². The molecule has 2 N–H and O–H groups in total. The van der Waals surface area contributed by atoms with Crippen LogP contribution in [0.3, 0.4) is 0 Å². The van der Waals surface area contributed by atoms with Crippen molar-refractivity contribution in [2.24, 2.45) is 11.1 Å². The third-order valence-corrected chi connectivity index (χ3v) is 2.10. The van der Waals surface area contributed by atoms with E-state index in [-0.39, 0.29) is 24.6 Å². The van der Waals surface area contributed by atoms with Gasteiger partial charge in [-0.1, -0.05) is 20.8 Å². The minimum Gasteiger partial charge on any atom is -0.335 e. The van der Waals surface area contributed by atoms with Gasteiger partial charge in [0.2, 0.25) is 5.91 Å². The quantitative estimate of drug-likeness (QED) is 0.648. The lowest BCUT2D eigenvalue weighted by molar-refractivity contribution is -0.136. The first-order chi connectivity index (χ1) is 6.82. The topological polar surface area (TPSA) is 63.4 Å². The molecule has 2 radical (unpaired) electrons. The van der Waals surface area contributed by atoms with Gasteiger partial charge in [0.15, 0.2) is 5.78 Å². The molecule has 4 nitrogen and oxygen atoms in total. The van der Waals surface area contributed by atoms with Crippen LogP contribution in [0.25, 0.3) is 0 Å². The minimum atomic E-state index is -0.443. The molecule has 0 aliphatic heterocycles. The van der Waals surface area contributed by atoms with Crippen molar-refractivity contribution in [1.29, 1.82) is 0 Å². The molecule has 0 atom stereocenters. The monoisotopic (exact) mass is 210 g/mol. The summed E-state index contributed by atoms with van der Waals surface area (Å²) in [5, 5.41) is 0. The van der Waals surface area contributed by atoms with E-state index >= 15 is 0 Å². The van der Waals surface area contributed by atoms with Crippen molar-refractivity contribution in [3.63, 3.8) is 0 Å². The van der Waals surface area contributed by atoms with Gasteiger partial charge in [0.05, 0.1) is 14.4 Å². The highest BCUT2D eigenvalue weighted by atomic mass is 16.2. The smallest absolute Gasteiger partial charge is 0.214 e. The summed E-state index contributed by atoms with van der Waals surface area (Å²) >= 11 is 0. The maximum Gasteiger partial charge on any atom is 0.214 e. The molecule has 0 aromatic rings. The number of Topliss-reactive ketones (excluding diaryl/α,β-unsaturated/α-hetero) is 1. The zero-order chi connectivity index (χ0) is 12.1. The molecular formula is C10H19BN2O2. The van der Waals surface area contributed by atoms with Crippen LogP contribution in [0.4, 0.5) is 0 Å². The van der Waals surface area contributed by atoms with Gasteiger partial charge in [0, 0.05) is 18.5 Å². The van der Waals surface area contributed by atoms with Gasteiger partial charge in [-0.3, -0.25) is 9.59 Å². The van der Waals surface area contributed by atoms with Crippen molar-refractivity contribution in [1.82, 2.24) is 4.90 Å². The van der Waals surface area contributed by atoms with E-state index in [0.717, 1.165) is 0 Å². The Kier molecular flexibility index (Phi) is 5.58. The van der Waals surface area contributed by atoms with Gasteiger partial charge in [-0.25, -0.2) is 0 Å². The molecule has 84 valence electrons. The molecule has 0 aliphatic rings. The fourth-order valence-electron chi connectivity index (χ4n) is 0.987. The fourth-order valence-corrected chi connectivity index (χ4v) is 0.987. The van der Waals surface area contributed by atoms with Crippen LogP contribution in [0, 0.1) is 5.41 Å². The van der Waals surface area contributed by atoms with E-state index in [1.54, 1.807) is 0 Å². The maximum absolute atomic E-state index is 11.7. The zero-order valence-corrected chi connectivity index (χ0v) is 9.75. The molecule has 0 saturated carbocycles. The Labute approximate surface area is 92.6 Å². The van der Waals surface area contributed by atoms with Gasteiger partial charge in [-0.05, 0) is 6.32 Å². The summed E-state index contributed by atoms with van der Waals surface area (Å²) in [6.07, 6.45) is -0.0859. The van der Waals surface area contributed by atoms with Crippen LogP contribution >= 0.6 is 0 Å². The number of amides is 1. The van der Waals surface area contributed by atoms with E-state index < -0.39 is 5.41 Å². The number of nitrogens with zero attached hydrogens (tertiary/aromatic N) is 1. The number of hydrogen-bond acceptors (Lipinski definition) is 3. The summed E-state index contributed by atoms with van der Waals surface area (Å²) in [6, 6.07) is 0. The molecule has 0 heterocycles. The van der Waals surface area contributed by atoms with Gasteiger partial charge in [-0.2, -0.15) is 0 Å². The lowest BCUT2D eigenvalue weighted by Gasteiger charge is -2.25. The second-order valence-electron chi connectivity index (χ2n) is 4.48. The molecule has 0 spiro atoms. The molecular weight excluding hydrogens is 191 g/mol. The molecule has 15 heavy (non-hydrogen) atoms. The predicted octanol–water partition coefficient (Wildman–Crippen LogP) is -0.0243. The fraction of sp³-hybridized carbons (Fsp3) is 0.800. The van der Waals surface area contributed by atoms with Gasteiger partial charge in [0.1, 0.15) is 0 Å². The van der Waals surface area contributed by atoms with E-state index in [1.807, 2.05) is 20.8 Å². The number of hydrogen-bond donors (Lipinski definition) is 1. The van der Waals surface area contributed by atoms with Crippen molar-refractivity contribution in [3.8, 4) is 0 Å². The molecule has 0 aliphatic carbocycles. The standard InChI is InChI=1S/C10H19BN2O2/c1-10(2,3)8(14)7-13(5-4-12)9(15)6-11/h4-7,12H2,1-3H3. The molecule has 0 unspecified atom stereocenters. The highest BCUT2D eigenvalue weighted by molar-refractivity contribution is 6.19. The summed E-state index contributed by atoms with van der Waals surface area (Å²) in [7, 11) is 5.24. The van der Waals surface area contributed by atoms with Gasteiger partial charge in [0.25, 0.3) is 0 Å². The van der Waals surface area contributed by atoms with Crippen molar-refractivity contribution in [2.45, 2.75) is 27.1 Å². The molecule has 0 fully saturated rings. The van der Waals surface area contributed by atoms with E-state index in [2.05, 4.69) is 0 Å². The van der Waals surface area contributed by atoms with E-state index in [1.165, 1.54) is 4.90 Å². The number of carbonyl (C=O) groups excluding carboxylic acids is 2. The average Bonchev–Trinajstić information content (AvgIpc) is 2.14. The second kappa shape index (κ2) is 5.90. The second-order valence-corrected chi connectivity index (χ2v) is 4.48. The van der Waals surface area contributed by atoms with E-state index in [0.29, 0.717) is 13.1 Å². The number of nitrogens with two attached hydrogens (primary N) is 1. The first kappa shape index (κ1) is 14.2. The highest BCUT2D eigenvalue weighted by Crippen LogP contribution is 2.15. The molecule has 0 aromatic heterocycles. The van der Waals surface area contributed by atoms with Crippen molar-refractivity contribution < 1.29 is 9.59 Å². The van der Waals surface area contributed by atoms with Crippen molar-refractivity contribution in [2.75, 3.05) is 19.6 Å². The van der Waals surface area contributed by atoms with Crippen LogP contribution in [-0.4, -0.2) is 44.1 Å². The molecule has 0 saturated heterocycles. The maximum atomic E-state index is 11.7. The van der Waals surface area contributed by atoms with E-state index in [4.69, 9.17) is 13.6 Å². The van der Waals surface area contributed by atoms with Crippen LogP contribution in [-0.2, 0) is 9.59 Å². The Bertz CT molecular complexity index is 236. The Morgan fingerprint density at radius 1 is 1.33 bits per heavy atom. The average molecular weight is 210 g/mol. The molecule has 1 amide bonds. The minimum absolute atomic E-state index is 0.0118. The van der Waals surface area contributed by atoms with E-state index in [9.17, 15) is 9.59 Å². The summed E-state index contributed by atoms with van der Waals surface area (Å²) in [6.45, 7) is 6.27. The summed E-state index contributed by atoms with van der Waals surface area (Å²) in [5.74, 6) is -0.226. The van der Waals surface area contributed by atoms with Crippen LogP contribution < -0.4 is 5.73 Å². The van der Waals surface area contributed by atoms with Crippen LogP contribution in [0.2, 0.25) is 6.32 Å². The van der Waals surface area contributed by atoms with Crippen molar-refractivity contribution in [3.05, 3.63) is 0 Å². The predicted molar refractivity (Wildman–Crippen MR) is 60.7 cm³/mol. The zero-order valence-electron chi connectivity index (χ0n) is 9.75.